The molecule has 3 aromatic rings. The first-order chi connectivity index (χ1) is 13.5. The number of hydrogen-bond donors (Lipinski definition) is 3. The Morgan fingerprint density at radius 2 is 2.04 bits per heavy atom. The maximum Gasteiger partial charge on any atom is 0.314 e. The quantitative estimate of drug-likeness (QED) is 0.502. The Morgan fingerprint density at radius 3 is 2.86 bits per heavy atom. The Hall–Kier alpha value is -2.66. The molecule has 0 saturated carbocycles. The lowest BCUT2D eigenvalue weighted by Gasteiger charge is -2.37. The Kier molecular flexibility index (Phi) is 4.02. The van der Waals surface area contributed by atoms with Crippen LogP contribution >= 0.6 is 23.0 Å². The number of aromatic nitrogens is 2. The van der Waals surface area contributed by atoms with Crippen molar-refractivity contribution in [1.29, 1.82) is 0 Å². The van der Waals surface area contributed by atoms with Crippen LogP contribution in [0.3, 0.4) is 0 Å². The van der Waals surface area contributed by atoms with Crippen molar-refractivity contribution in [2.45, 2.75) is 17.7 Å². The lowest BCUT2D eigenvalue weighted by molar-refractivity contribution is 0.406. The molecule has 10 heteroatoms. The first-order valence-electron chi connectivity index (χ1n) is 8.62. The number of ether oxygens (including phenoxy) is 1. The van der Waals surface area contributed by atoms with E-state index in [-0.39, 0.29) is 4.84 Å². The number of amidine groups is 1. The molecule has 144 valence electrons. The van der Waals surface area contributed by atoms with Crippen LogP contribution in [0.5, 0.6) is 11.5 Å². The number of benzene rings is 2. The van der Waals surface area contributed by atoms with Gasteiger partial charge in [-0.05, 0) is 42.9 Å². The van der Waals surface area contributed by atoms with Gasteiger partial charge in [-0.3, -0.25) is 9.11 Å². The molecular weight excluding hydrogens is 400 g/mol. The summed E-state index contributed by atoms with van der Waals surface area (Å²) in [6.07, 6.45) is 1.70. The number of hydrogen-bond acceptors (Lipinski definition) is 8. The number of aromatic amines is 1. The van der Waals surface area contributed by atoms with E-state index in [0.717, 1.165) is 36.5 Å². The summed E-state index contributed by atoms with van der Waals surface area (Å²) in [5, 5.41) is 2.66. The molecule has 28 heavy (non-hydrogen) atoms. The zero-order valence-electron chi connectivity index (χ0n) is 14.5. The van der Waals surface area contributed by atoms with Gasteiger partial charge in [0, 0.05) is 24.6 Å². The van der Waals surface area contributed by atoms with Gasteiger partial charge < -0.3 is 14.2 Å². The smallest absolute Gasteiger partial charge is 0.314 e. The second kappa shape index (κ2) is 6.45. The zero-order chi connectivity index (χ0) is 19.3. The minimum atomic E-state index is -3.23. The number of H-pyrrole nitrogens is 1. The Morgan fingerprint density at radius 1 is 1.18 bits per heavy atom. The monoisotopic (exact) mass is 416 g/mol. The van der Waals surface area contributed by atoms with Crippen molar-refractivity contribution in [1.82, 2.24) is 10.1 Å². The second-order valence-corrected chi connectivity index (χ2v) is 8.48. The average molecular weight is 416 g/mol. The molecule has 0 radical (unpaired) electrons. The average Bonchev–Trinajstić information content (AvgIpc) is 3.30. The summed E-state index contributed by atoms with van der Waals surface area (Å²) in [5.41, 5.74) is 1.53. The van der Waals surface area contributed by atoms with E-state index in [0.29, 0.717) is 22.2 Å². The molecule has 0 aliphatic carbocycles. The van der Waals surface area contributed by atoms with Gasteiger partial charge in [0.25, 0.3) is 0 Å². The fourth-order valence-electron chi connectivity index (χ4n) is 3.41. The first-order valence-corrected chi connectivity index (χ1v) is 10.5. The molecule has 0 unspecified atom stereocenters. The van der Waals surface area contributed by atoms with Crippen molar-refractivity contribution in [2.24, 2.45) is 4.40 Å². The molecule has 5 rings (SSSR count). The number of anilines is 1. The predicted octanol–water partition coefficient (Wildman–Crippen LogP) is 5.23. The van der Waals surface area contributed by atoms with Crippen LogP contribution in [0.2, 0.25) is 0 Å². The highest BCUT2D eigenvalue weighted by atomic mass is 32.3. The molecular formula is C18H16N4O4S2. The summed E-state index contributed by atoms with van der Waals surface area (Å²) in [6, 6.07) is 12.6. The van der Waals surface area contributed by atoms with Gasteiger partial charge in [-0.1, -0.05) is 22.9 Å². The van der Waals surface area contributed by atoms with E-state index in [1.165, 1.54) is 0 Å². The molecule has 8 nitrogen and oxygen atoms in total. The standard InChI is InChI=1S/C18H16N4O4S2/c23-28(24)15-10-13(6-7-14(15)22-8-2-5-16(22)21-28)25-12-4-1-3-11(9-12)17-19-18(27)26-20-17/h1,3-4,6-7,9-10,23-24H,2,5,8H2,(H,19,20,27). The molecule has 2 aliphatic rings. The van der Waals surface area contributed by atoms with Crippen LogP contribution in [0.15, 0.2) is 56.3 Å². The van der Waals surface area contributed by atoms with E-state index >= 15 is 0 Å². The van der Waals surface area contributed by atoms with Crippen LogP contribution in [0, 0.1) is 4.84 Å². The molecule has 1 aromatic heterocycles. The number of fused-ring (bicyclic) bond motifs is 3. The summed E-state index contributed by atoms with van der Waals surface area (Å²) in [5.74, 6) is 2.30. The highest BCUT2D eigenvalue weighted by Gasteiger charge is 2.34. The van der Waals surface area contributed by atoms with E-state index < -0.39 is 10.8 Å². The van der Waals surface area contributed by atoms with Gasteiger partial charge in [-0.2, -0.15) is 4.98 Å². The van der Waals surface area contributed by atoms with Crippen LogP contribution in [0.1, 0.15) is 12.8 Å². The van der Waals surface area contributed by atoms with E-state index in [1.807, 2.05) is 29.2 Å². The van der Waals surface area contributed by atoms with E-state index in [2.05, 4.69) is 14.5 Å². The molecule has 2 aliphatic heterocycles. The lowest BCUT2D eigenvalue weighted by atomic mass is 10.2. The zero-order valence-corrected chi connectivity index (χ0v) is 16.2. The number of rotatable bonds is 3. The number of nitrogens with one attached hydrogen (secondary N) is 1. The van der Waals surface area contributed by atoms with Crippen molar-refractivity contribution < 1.29 is 18.4 Å². The largest absolute Gasteiger partial charge is 0.457 e. The molecule has 3 heterocycles. The molecule has 1 saturated heterocycles. The summed E-state index contributed by atoms with van der Waals surface area (Å²) >= 11 is 4.88. The van der Waals surface area contributed by atoms with Gasteiger partial charge in [0.15, 0.2) is 5.82 Å². The highest BCUT2D eigenvalue weighted by molar-refractivity contribution is 8.23. The highest BCUT2D eigenvalue weighted by Crippen LogP contribution is 2.58. The van der Waals surface area contributed by atoms with Crippen LogP contribution in [-0.2, 0) is 0 Å². The molecule has 2 aromatic carbocycles. The van der Waals surface area contributed by atoms with E-state index in [9.17, 15) is 9.11 Å². The van der Waals surface area contributed by atoms with Crippen LogP contribution in [0.4, 0.5) is 5.69 Å². The summed E-state index contributed by atoms with van der Waals surface area (Å²) in [7, 11) is -3.23. The van der Waals surface area contributed by atoms with Gasteiger partial charge in [-0.25, -0.2) is 5.16 Å². The molecule has 0 amide bonds. The molecule has 0 bridgehead atoms. The van der Waals surface area contributed by atoms with Crippen molar-refractivity contribution in [2.75, 3.05) is 11.4 Å². The van der Waals surface area contributed by atoms with E-state index in [4.69, 9.17) is 21.5 Å². The van der Waals surface area contributed by atoms with Gasteiger partial charge in [-0.15, -0.1) is 4.40 Å². The molecule has 0 atom stereocenters. The number of nitrogens with zero attached hydrogens (tertiary/aromatic N) is 3. The minimum Gasteiger partial charge on any atom is -0.457 e. The summed E-state index contributed by atoms with van der Waals surface area (Å²) in [6.45, 7) is 0.822. The van der Waals surface area contributed by atoms with E-state index in [1.54, 1.807) is 18.2 Å². The second-order valence-electron chi connectivity index (χ2n) is 6.47. The normalized spacial score (nSPS) is 18.2. The predicted molar refractivity (Wildman–Crippen MR) is 109 cm³/mol. The van der Waals surface area contributed by atoms with Crippen LogP contribution in [0.25, 0.3) is 11.4 Å². The molecule has 0 spiro atoms. The lowest BCUT2D eigenvalue weighted by Crippen LogP contribution is -2.29. The summed E-state index contributed by atoms with van der Waals surface area (Å²) < 4.78 is 36.1. The fraction of sp³-hybridized carbons (Fsp3) is 0.167. The SMILES string of the molecule is OS1(O)N=C2CCCN2c2ccc(Oc3cccc(-c4nc(=S)o[nH]4)c3)cc21. The van der Waals surface area contributed by atoms with Crippen molar-refractivity contribution in [3.63, 3.8) is 0 Å². The Labute approximate surface area is 167 Å². The maximum atomic E-state index is 10.5. The maximum absolute atomic E-state index is 10.5. The fourth-order valence-corrected chi connectivity index (χ4v) is 4.85. The van der Waals surface area contributed by atoms with Crippen molar-refractivity contribution >= 4 is 34.5 Å². The van der Waals surface area contributed by atoms with Crippen LogP contribution < -0.4 is 9.64 Å². The van der Waals surface area contributed by atoms with Gasteiger partial charge in [0.05, 0.1) is 5.69 Å². The Balaban J connectivity index is 1.47. The van der Waals surface area contributed by atoms with Crippen molar-refractivity contribution in [3.8, 4) is 22.9 Å². The van der Waals surface area contributed by atoms with Gasteiger partial charge >= 0.3 is 4.84 Å². The topological polar surface area (TPSA) is 107 Å². The van der Waals surface area contributed by atoms with Crippen molar-refractivity contribution in [3.05, 3.63) is 47.3 Å². The third kappa shape index (κ3) is 3.00. The Bertz CT molecular complexity index is 1150. The molecule has 3 N–H and O–H groups in total. The third-order valence-corrected chi connectivity index (χ3v) is 6.18. The van der Waals surface area contributed by atoms with Gasteiger partial charge in [0.1, 0.15) is 22.2 Å². The molecule has 1 fully saturated rings. The van der Waals surface area contributed by atoms with Gasteiger partial charge in [0.2, 0.25) is 0 Å². The third-order valence-electron chi connectivity index (χ3n) is 4.62. The first kappa shape index (κ1) is 17.4. The van der Waals surface area contributed by atoms with Crippen LogP contribution in [-0.4, -0.2) is 31.6 Å². The minimum absolute atomic E-state index is 0.128. The summed E-state index contributed by atoms with van der Waals surface area (Å²) in [4.78, 5) is 6.63.